The molecule has 1 aromatic carbocycles. The average molecular weight is 297 g/mol. The lowest BCUT2D eigenvalue weighted by atomic mass is 10.2. The number of carbonyl (C=O) groups excluding carboxylic acids is 1. The maximum atomic E-state index is 12.9. The van der Waals surface area contributed by atoms with Crippen LogP contribution in [-0.4, -0.2) is 39.4 Å². The molecule has 0 atom stereocenters. The predicted molar refractivity (Wildman–Crippen MR) is 74.9 cm³/mol. The van der Waals surface area contributed by atoms with Crippen LogP contribution in [0.1, 0.15) is 18.4 Å². The lowest BCUT2D eigenvalue weighted by Crippen LogP contribution is -2.34. The number of thioether (sulfide) groups is 1. The number of halogens is 1. The van der Waals surface area contributed by atoms with Gasteiger partial charge in [-0.1, -0.05) is 12.1 Å². The fourth-order valence-corrected chi connectivity index (χ4v) is 2.52. The van der Waals surface area contributed by atoms with Crippen molar-refractivity contribution >= 4 is 23.6 Å². The number of nitrogens with zero attached hydrogens (tertiary/aromatic N) is 1. The van der Waals surface area contributed by atoms with Gasteiger partial charge < -0.3 is 10.0 Å². The summed E-state index contributed by atoms with van der Waals surface area (Å²) in [6.45, 7) is 0.456. The largest absolute Gasteiger partial charge is 0.481 e. The second-order valence-electron chi connectivity index (χ2n) is 4.77. The Kier molecular flexibility index (Phi) is 5.00. The third kappa shape index (κ3) is 4.52. The first-order chi connectivity index (χ1) is 9.56. The number of hydrogen-bond acceptors (Lipinski definition) is 3. The number of carboxylic acid groups (broad SMARTS) is 1. The maximum Gasteiger partial charge on any atom is 0.313 e. The van der Waals surface area contributed by atoms with E-state index >= 15 is 0 Å². The smallest absolute Gasteiger partial charge is 0.313 e. The number of hydrogen-bond donors (Lipinski definition) is 1. The van der Waals surface area contributed by atoms with E-state index in [0.29, 0.717) is 6.54 Å². The van der Waals surface area contributed by atoms with Crippen molar-refractivity contribution in [1.29, 1.82) is 0 Å². The lowest BCUT2D eigenvalue weighted by Gasteiger charge is -2.22. The maximum absolute atomic E-state index is 12.9. The van der Waals surface area contributed by atoms with Crippen LogP contribution in [0.4, 0.5) is 4.39 Å². The monoisotopic (exact) mass is 297 g/mol. The summed E-state index contributed by atoms with van der Waals surface area (Å²) in [5.41, 5.74) is 0.884. The van der Waals surface area contributed by atoms with E-state index in [1.807, 2.05) is 0 Å². The number of benzene rings is 1. The zero-order valence-corrected chi connectivity index (χ0v) is 11.7. The molecule has 20 heavy (non-hydrogen) atoms. The van der Waals surface area contributed by atoms with E-state index < -0.39 is 5.97 Å². The number of carbonyl (C=O) groups is 2. The Morgan fingerprint density at radius 1 is 1.25 bits per heavy atom. The predicted octanol–water partition coefficient (Wildman–Crippen LogP) is 2.13. The minimum absolute atomic E-state index is 0.0527. The minimum atomic E-state index is -0.917. The highest BCUT2D eigenvalue weighted by Crippen LogP contribution is 2.29. The molecule has 6 heteroatoms. The fraction of sp³-hybridized carbons (Fsp3) is 0.429. The van der Waals surface area contributed by atoms with Crippen molar-refractivity contribution in [2.24, 2.45) is 0 Å². The highest BCUT2D eigenvalue weighted by Gasteiger charge is 2.32. The van der Waals surface area contributed by atoms with Gasteiger partial charge in [-0.2, -0.15) is 0 Å². The molecule has 1 aliphatic rings. The Morgan fingerprint density at radius 2 is 1.90 bits per heavy atom. The van der Waals surface area contributed by atoms with Crippen molar-refractivity contribution < 1.29 is 19.1 Å². The molecular formula is C14H16FNO3S. The zero-order chi connectivity index (χ0) is 14.5. The van der Waals surface area contributed by atoms with Gasteiger partial charge in [0.25, 0.3) is 0 Å². The molecular weight excluding hydrogens is 281 g/mol. The first-order valence-corrected chi connectivity index (χ1v) is 7.55. The van der Waals surface area contributed by atoms with Crippen molar-refractivity contribution in [3.63, 3.8) is 0 Å². The number of amides is 1. The number of carboxylic acids is 1. The molecule has 1 fully saturated rings. The molecule has 0 aliphatic heterocycles. The van der Waals surface area contributed by atoms with Gasteiger partial charge in [0.2, 0.25) is 5.91 Å². The molecule has 0 bridgehead atoms. The van der Waals surface area contributed by atoms with Crippen LogP contribution in [0.25, 0.3) is 0 Å². The summed E-state index contributed by atoms with van der Waals surface area (Å²) in [5, 5.41) is 8.57. The molecule has 1 amide bonds. The van der Waals surface area contributed by atoms with Crippen LogP contribution < -0.4 is 0 Å². The summed E-state index contributed by atoms with van der Waals surface area (Å²) < 4.78 is 12.9. The van der Waals surface area contributed by atoms with E-state index in [2.05, 4.69) is 0 Å². The third-order valence-electron chi connectivity index (χ3n) is 3.03. The first kappa shape index (κ1) is 14.8. The van der Waals surface area contributed by atoms with Gasteiger partial charge in [-0.25, -0.2) is 4.39 Å². The van der Waals surface area contributed by atoms with E-state index in [1.54, 1.807) is 17.0 Å². The highest BCUT2D eigenvalue weighted by molar-refractivity contribution is 8.00. The Bertz CT molecular complexity index is 488. The number of aliphatic carboxylic acids is 1. The molecule has 1 saturated carbocycles. The Morgan fingerprint density at radius 3 is 2.45 bits per heavy atom. The van der Waals surface area contributed by atoms with E-state index in [4.69, 9.17) is 5.11 Å². The van der Waals surface area contributed by atoms with Crippen molar-refractivity contribution in [2.45, 2.75) is 25.4 Å². The second kappa shape index (κ2) is 6.74. The standard InChI is InChI=1S/C14H16FNO3S/c15-11-3-1-10(2-4-11)7-16(12-5-6-12)13(17)8-20-9-14(18)19/h1-4,12H,5-9H2,(H,18,19). The van der Waals surface area contributed by atoms with Crippen LogP contribution in [-0.2, 0) is 16.1 Å². The van der Waals surface area contributed by atoms with Gasteiger partial charge in [0, 0.05) is 12.6 Å². The third-order valence-corrected chi connectivity index (χ3v) is 3.93. The van der Waals surface area contributed by atoms with Crippen molar-refractivity contribution in [2.75, 3.05) is 11.5 Å². The van der Waals surface area contributed by atoms with Crippen molar-refractivity contribution in [3.8, 4) is 0 Å². The number of rotatable bonds is 7. The van der Waals surface area contributed by atoms with Gasteiger partial charge in [0.05, 0.1) is 11.5 Å². The summed E-state index contributed by atoms with van der Waals surface area (Å²) in [4.78, 5) is 24.3. The van der Waals surface area contributed by atoms with Gasteiger partial charge in [0.15, 0.2) is 0 Å². The van der Waals surface area contributed by atoms with Crippen LogP contribution >= 0.6 is 11.8 Å². The summed E-state index contributed by atoms with van der Waals surface area (Å²) in [5.74, 6) is -1.16. The molecule has 0 spiro atoms. The van der Waals surface area contributed by atoms with Gasteiger partial charge in [0.1, 0.15) is 5.82 Å². The lowest BCUT2D eigenvalue weighted by molar-refractivity contribution is -0.133. The van der Waals surface area contributed by atoms with E-state index in [1.165, 1.54) is 12.1 Å². The first-order valence-electron chi connectivity index (χ1n) is 6.39. The summed E-state index contributed by atoms with van der Waals surface area (Å²) in [6.07, 6.45) is 1.97. The SMILES string of the molecule is O=C(O)CSCC(=O)N(Cc1ccc(F)cc1)C1CC1. The van der Waals surface area contributed by atoms with Gasteiger partial charge in [-0.05, 0) is 30.5 Å². The quantitative estimate of drug-likeness (QED) is 0.837. The summed E-state index contributed by atoms with van der Waals surface area (Å²) >= 11 is 1.11. The Balaban J connectivity index is 1.91. The summed E-state index contributed by atoms with van der Waals surface area (Å²) in [7, 11) is 0. The Hall–Kier alpha value is -1.56. The van der Waals surface area contributed by atoms with Crippen LogP contribution in [0, 0.1) is 5.82 Å². The average Bonchev–Trinajstić information content (AvgIpc) is 3.21. The molecule has 0 radical (unpaired) electrons. The van der Waals surface area contributed by atoms with Gasteiger partial charge >= 0.3 is 5.97 Å². The molecule has 4 nitrogen and oxygen atoms in total. The van der Waals surface area contributed by atoms with Gasteiger partial charge in [-0.15, -0.1) is 11.8 Å². The van der Waals surface area contributed by atoms with Crippen molar-refractivity contribution in [3.05, 3.63) is 35.6 Å². The van der Waals surface area contributed by atoms with Crippen LogP contribution in [0.15, 0.2) is 24.3 Å². The minimum Gasteiger partial charge on any atom is -0.481 e. The van der Waals surface area contributed by atoms with E-state index in [0.717, 1.165) is 30.2 Å². The molecule has 1 N–H and O–H groups in total. The van der Waals surface area contributed by atoms with Crippen LogP contribution in [0.3, 0.4) is 0 Å². The van der Waals surface area contributed by atoms with Gasteiger partial charge in [-0.3, -0.25) is 9.59 Å². The topological polar surface area (TPSA) is 57.6 Å². The molecule has 1 aliphatic carbocycles. The molecule has 0 aromatic heterocycles. The summed E-state index contributed by atoms with van der Waals surface area (Å²) in [6, 6.07) is 6.34. The van der Waals surface area contributed by atoms with Crippen molar-refractivity contribution in [1.82, 2.24) is 4.90 Å². The fourth-order valence-electron chi connectivity index (χ4n) is 1.90. The molecule has 2 rings (SSSR count). The Labute approximate surface area is 121 Å². The molecule has 0 unspecified atom stereocenters. The molecule has 1 aromatic rings. The zero-order valence-electron chi connectivity index (χ0n) is 10.9. The van der Waals surface area contributed by atoms with E-state index in [9.17, 15) is 14.0 Å². The molecule has 0 heterocycles. The van der Waals surface area contributed by atoms with Crippen LogP contribution in [0.5, 0.6) is 0 Å². The second-order valence-corrected chi connectivity index (χ2v) is 5.75. The normalized spacial score (nSPS) is 14.1. The van der Waals surface area contributed by atoms with E-state index in [-0.39, 0.29) is 29.3 Å². The highest BCUT2D eigenvalue weighted by atomic mass is 32.2. The molecule has 108 valence electrons. The molecule has 0 saturated heterocycles. The van der Waals surface area contributed by atoms with Crippen LogP contribution in [0.2, 0.25) is 0 Å².